The zero-order valence-corrected chi connectivity index (χ0v) is 15.0. The Balaban J connectivity index is 2.12. The van der Waals surface area contributed by atoms with E-state index in [9.17, 15) is 14.9 Å². The molecule has 5 nitrogen and oxygen atoms in total. The summed E-state index contributed by atoms with van der Waals surface area (Å²) in [5, 5.41) is 15.0. The summed E-state index contributed by atoms with van der Waals surface area (Å²) < 4.78 is 0. The van der Waals surface area contributed by atoms with Gasteiger partial charge in [0.05, 0.1) is 0 Å². The van der Waals surface area contributed by atoms with Crippen LogP contribution in [0.4, 0.5) is 11.4 Å². The minimum absolute atomic E-state index is 0.0424. The van der Waals surface area contributed by atoms with Crippen molar-refractivity contribution in [1.82, 2.24) is 0 Å². The molecule has 5 heteroatoms. The molecule has 132 valence electrons. The van der Waals surface area contributed by atoms with Crippen LogP contribution in [0.3, 0.4) is 0 Å². The number of nitriles is 1. The summed E-state index contributed by atoms with van der Waals surface area (Å²) in [6.07, 6.45) is 1.40. The first-order valence-electron chi connectivity index (χ1n) is 8.30. The predicted molar refractivity (Wildman–Crippen MR) is 103 cm³/mol. The van der Waals surface area contributed by atoms with E-state index >= 15 is 0 Å². The Morgan fingerprint density at radius 3 is 2.31 bits per heavy atom. The monoisotopic (exact) mass is 347 g/mol. The van der Waals surface area contributed by atoms with Gasteiger partial charge in [-0.2, -0.15) is 5.26 Å². The standard InChI is InChI=1S/C21H21N3O2/c1-14(2)19-6-4-5-7-20(19)23-13-17(12-22)21(26)24-18-10-8-16(9-11-18)15(3)25/h4-11,13-14,23H,1-3H3,(H,24,26)/b17-13-. The molecule has 0 aromatic heterocycles. The molecule has 0 unspecified atom stereocenters. The Morgan fingerprint density at radius 2 is 1.73 bits per heavy atom. The van der Waals surface area contributed by atoms with Crippen molar-refractivity contribution in [1.29, 1.82) is 5.26 Å². The number of amides is 1. The summed E-state index contributed by atoms with van der Waals surface area (Å²) in [5.41, 5.74) is 2.99. The van der Waals surface area contributed by atoms with Crippen molar-refractivity contribution in [2.75, 3.05) is 10.6 Å². The largest absolute Gasteiger partial charge is 0.360 e. The van der Waals surface area contributed by atoms with Crippen molar-refractivity contribution in [3.63, 3.8) is 0 Å². The highest BCUT2D eigenvalue weighted by Crippen LogP contribution is 2.23. The summed E-state index contributed by atoms with van der Waals surface area (Å²) in [6, 6.07) is 16.2. The fourth-order valence-electron chi connectivity index (χ4n) is 2.42. The number of rotatable bonds is 6. The molecule has 0 aliphatic carbocycles. The number of carbonyl (C=O) groups is 2. The molecule has 1 amide bonds. The van der Waals surface area contributed by atoms with Crippen LogP contribution in [0.1, 0.15) is 42.6 Å². The third-order valence-corrected chi connectivity index (χ3v) is 3.87. The van der Waals surface area contributed by atoms with Gasteiger partial charge in [-0.15, -0.1) is 0 Å². The Bertz CT molecular complexity index is 875. The van der Waals surface area contributed by atoms with Crippen LogP contribution in [0, 0.1) is 11.3 Å². The van der Waals surface area contributed by atoms with Gasteiger partial charge in [0.2, 0.25) is 0 Å². The Kier molecular flexibility index (Phi) is 6.29. The Morgan fingerprint density at radius 1 is 1.08 bits per heavy atom. The van der Waals surface area contributed by atoms with E-state index < -0.39 is 5.91 Å². The van der Waals surface area contributed by atoms with Gasteiger partial charge in [0.25, 0.3) is 5.91 Å². The normalized spacial score (nSPS) is 11.0. The van der Waals surface area contributed by atoms with Crippen LogP contribution in [0.2, 0.25) is 0 Å². The fraction of sp³-hybridized carbons (Fsp3) is 0.190. The topological polar surface area (TPSA) is 82.0 Å². The quantitative estimate of drug-likeness (QED) is 0.459. The van der Waals surface area contributed by atoms with Crippen molar-refractivity contribution < 1.29 is 9.59 Å². The first-order chi connectivity index (χ1) is 12.4. The van der Waals surface area contributed by atoms with Crippen LogP contribution < -0.4 is 10.6 Å². The van der Waals surface area contributed by atoms with Gasteiger partial charge in [-0.05, 0) is 48.7 Å². The van der Waals surface area contributed by atoms with Crippen LogP contribution >= 0.6 is 0 Å². The number of Topliss-reactive ketones (excluding diaryl/α,β-unsaturated/α-hetero) is 1. The summed E-state index contributed by atoms with van der Waals surface area (Å²) in [5.74, 6) is -0.252. The number of hydrogen-bond acceptors (Lipinski definition) is 4. The van der Waals surface area contributed by atoms with E-state index in [1.54, 1.807) is 24.3 Å². The molecule has 0 spiro atoms. The van der Waals surface area contributed by atoms with Gasteiger partial charge in [0.15, 0.2) is 5.78 Å². The molecule has 0 bridgehead atoms. The number of carbonyl (C=O) groups excluding carboxylic acids is 2. The van der Waals surface area contributed by atoms with Crippen molar-refractivity contribution in [3.05, 3.63) is 71.4 Å². The Labute approximate surface area is 153 Å². The summed E-state index contributed by atoms with van der Waals surface area (Å²) in [4.78, 5) is 23.6. The van der Waals surface area contributed by atoms with Crippen molar-refractivity contribution in [2.24, 2.45) is 0 Å². The van der Waals surface area contributed by atoms with Gasteiger partial charge in [-0.3, -0.25) is 9.59 Å². The molecule has 0 aliphatic rings. The lowest BCUT2D eigenvalue weighted by molar-refractivity contribution is -0.112. The zero-order chi connectivity index (χ0) is 19.1. The molecule has 0 heterocycles. The molecule has 0 aliphatic heterocycles. The van der Waals surface area contributed by atoms with E-state index in [1.165, 1.54) is 13.1 Å². The molecule has 0 fully saturated rings. The van der Waals surface area contributed by atoms with E-state index in [1.807, 2.05) is 30.3 Å². The highest BCUT2D eigenvalue weighted by Gasteiger charge is 2.11. The first kappa shape index (κ1) is 18.9. The maximum absolute atomic E-state index is 12.3. The third kappa shape index (κ3) is 4.81. The molecule has 0 saturated carbocycles. The number of hydrogen-bond donors (Lipinski definition) is 2. The van der Waals surface area contributed by atoms with Crippen LogP contribution in [0.5, 0.6) is 0 Å². The lowest BCUT2D eigenvalue weighted by atomic mass is 10.0. The molecule has 0 atom stereocenters. The van der Waals surface area contributed by atoms with E-state index in [0.717, 1.165) is 11.3 Å². The van der Waals surface area contributed by atoms with E-state index in [0.29, 0.717) is 17.2 Å². The fourth-order valence-corrected chi connectivity index (χ4v) is 2.42. The SMILES string of the molecule is CC(=O)c1ccc(NC(=O)/C(C#N)=C\Nc2ccccc2C(C)C)cc1. The minimum Gasteiger partial charge on any atom is -0.360 e. The molecular weight excluding hydrogens is 326 g/mol. The molecule has 2 N–H and O–H groups in total. The van der Waals surface area contributed by atoms with Crippen molar-refractivity contribution in [3.8, 4) is 6.07 Å². The second-order valence-corrected chi connectivity index (χ2v) is 6.14. The lowest BCUT2D eigenvalue weighted by Crippen LogP contribution is -2.14. The number of ketones is 1. The lowest BCUT2D eigenvalue weighted by Gasteiger charge is -2.12. The highest BCUT2D eigenvalue weighted by molar-refractivity contribution is 6.07. The van der Waals surface area contributed by atoms with Gasteiger partial charge in [0, 0.05) is 23.1 Å². The van der Waals surface area contributed by atoms with Gasteiger partial charge >= 0.3 is 0 Å². The van der Waals surface area contributed by atoms with Crippen molar-refractivity contribution in [2.45, 2.75) is 26.7 Å². The van der Waals surface area contributed by atoms with Gasteiger partial charge in [-0.1, -0.05) is 32.0 Å². The zero-order valence-electron chi connectivity index (χ0n) is 15.0. The minimum atomic E-state index is -0.516. The molecule has 0 radical (unpaired) electrons. The van der Waals surface area contributed by atoms with Crippen LogP contribution in [0.15, 0.2) is 60.3 Å². The molecule has 2 aromatic carbocycles. The van der Waals surface area contributed by atoms with Crippen LogP contribution in [-0.4, -0.2) is 11.7 Å². The first-order valence-corrected chi connectivity index (χ1v) is 8.30. The third-order valence-electron chi connectivity index (χ3n) is 3.87. The molecule has 0 saturated heterocycles. The van der Waals surface area contributed by atoms with Gasteiger partial charge in [0.1, 0.15) is 11.6 Å². The highest BCUT2D eigenvalue weighted by atomic mass is 16.1. The summed E-state index contributed by atoms with van der Waals surface area (Å²) in [6.45, 7) is 5.63. The number of nitrogens with zero attached hydrogens (tertiary/aromatic N) is 1. The van der Waals surface area contributed by atoms with Crippen LogP contribution in [0.25, 0.3) is 0 Å². The maximum Gasteiger partial charge on any atom is 0.267 e. The second kappa shape index (κ2) is 8.63. The smallest absolute Gasteiger partial charge is 0.267 e. The second-order valence-electron chi connectivity index (χ2n) is 6.14. The van der Waals surface area contributed by atoms with E-state index in [-0.39, 0.29) is 11.4 Å². The number of anilines is 2. The average Bonchev–Trinajstić information content (AvgIpc) is 2.63. The van der Waals surface area contributed by atoms with Gasteiger partial charge in [-0.25, -0.2) is 0 Å². The number of nitrogens with one attached hydrogen (secondary N) is 2. The predicted octanol–water partition coefficient (Wildman–Crippen LogP) is 4.47. The number of para-hydroxylation sites is 1. The molecular formula is C21H21N3O2. The molecule has 2 rings (SSSR count). The molecule has 2 aromatic rings. The van der Waals surface area contributed by atoms with Gasteiger partial charge < -0.3 is 10.6 Å². The summed E-state index contributed by atoms with van der Waals surface area (Å²) in [7, 11) is 0. The van der Waals surface area contributed by atoms with E-state index in [4.69, 9.17) is 0 Å². The van der Waals surface area contributed by atoms with E-state index in [2.05, 4.69) is 24.5 Å². The average molecular weight is 347 g/mol. The Hall–Kier alpha value is -3.39. The summed E-state index contributed by atoms with van der Waals surface area (Å²) >= 11 is 0. The van der Waals surface area contributed by atoms with Crippen molar-refractivity contribution >= 4 is 23.1 Å². The molecule has 26 heavy (non-hydrogen) atoms. The van der Waals surface area contributed by atoms with Crippen LogP contribution in [-0.2, 0) is 4.79 Å². The number of benzene rings is 2. The maximum atomic E-state index is 12.3.